The quantitative estimate of drug-likeness (QED) is 0.750. The van der Waals surface area contributed by atoms with Crippen molar-refractivity contribution in [3.8, 4) is 0 Å². The van der Waals surface area contributed by atoms with Crippen LogP contribution in [-0.4, -0.2) is 13.1 Å². The van der Waals surface area contributed by atoms with Crippen LogP contribution in [0.3, 0.4) is 0 Å². The van der Waals surface area contributed by atoms with Gasteiger partial charge in [-0.3, -0.25) is 0 Å². The first kappa shape index (κ1) is 10.0. The van der Waals surface area contributed by atoms with Gasteiger partial charge in [-0.2, -0.15) is 0 Å². The zero-order valence-corrected chi connectivity index (χ0v) is 9.49. The fourth-order valence-corrected chi connectivity index (χ4v) is 2.47. The van der Waals surface area contributed by atoms with Gasteiger partial charge in [0.1, 0.15) is 0 Å². The maximum absolute atomic E-state index is 6.18. The van der Waals surface area contributed by atoms with Gasteiger partial charge in [0.15, 0.2) is 0 Å². The normalized spacial score (nSPS) is 21.5. The molecule has 14 heavy (non-hydrogen) atoms. The van der Waals surface area contributed by atoms with Gasteiger partial charge in [0.2, 0.25) is 0 Å². The van der Waals surface area contributed by atoms with Gasteiger partial charge in [0, 0.05) is 11.6 Å². The summed E-state index contributed by atoms with van der Waals surface area (Å²) >= 11 is 6.18. The Balaban J connectivity index is 2.40. The Morgan fingerprint density at radius 2 is 2.14 bits per heavy atom. The molecular weight excluding hydrogens is 194 g/mol. The fourth-order valence-electron chi connectivity index (χ4n) is 2.19. The van der Waals surface area contributed by atoms with Gasteiger partial charge in [-0.15, -0.1) is 0 Å². The summed E-state index contributed by atoms with van der Waals surface area (Å²) in [6.45, 7) is 6.46. The molecule has 0 spiro atoms. The Bertz CT molecular complexity index is 340. The first-order valence-electron chi connectivity index (χ1n) is 5.16. The van der Waals surface area contributed by atoms with Crippen molar-refractivity contribution in [1.82, 2.24) is 5.32 Å². The van der Waals surface area contributed by atoms with E-state index in [2.05, 4.69) is 25.2 Å². The van der Waals surface area contributed by atoms with Gasteiger partial charge < -0.3 is 5.32 Å². The molecule has 1 saturated heterocycles. The molecule has 0 aliphatic carbocycles. The Labute approximate surface area is 90.5 Å². The lowest BCUT2D eigenvalue weighted by atomic mass is 9.92. The molecule has 1 N–H and O–H groups in total. The highest BCUT2D eigenvalue weighted by atomic mass is 35.5. The third-order valence-electron chi connectivity index (χ3n) is 3.03. The number of nitrogens with one attached hydrogen (secondary N) is 1. The van der Waals surface area contributed by atoms with Gasteiger partial charge in [0.25, 0.3) is 0 Å². The topological polar surface area (TPSA) is 12.0 Å². The second-order valence-electron chi connectivity index (χ2n) is 4.15. The van der Waals surface area contributed by atoms with E-state index in [1.54, 1.807) is 0 Å². The van der Waals surface area contributed by atoms with Crippen LogP contribution >= 0.6 is 11.6 Å². The van der Waals surface area contributed by atoms with Crippen LogP contribution in [0.4, 0.5) is 0 Å². The van der Waals surface area contributed by atoms with Crippen LogP contribution in [0.15, 0.2) is 12.1 Å². The predicted octanol–water partition coefficient (Wildman–Crippen LogP) is 3.03. The molecule has 1 fully saturated rings. The molecule has 1 heterocycles. The molecule has 0 radical (unpaired) electrons. The van der Waals surface area contributed by atoms with Crippen molar-refractivity contribution >= 4 is 11.6 Å². The minimum atomic E-state index is 0.660. The standard InChI is InChI=1S/C12H16ClN/c1-8-5-11(9(2)12(13)6-8)10-3-4-14-7-10/h5-6,10,14H,3-4,7H2,1-2H3. The van der Waals surface area contributed by atoms with Crippen molar-refractivity contribution in [3.63, 3.8) is 0 Å². The van der Waals surface area contributed by atoms with Gasteiger partial charge in [-0.1, -0.05) is 17.7 Å². The maximum atomic E-state index is 6.18. The third kappa shape index (κ3) is 1.79. The van der Waals surface area contributed by atoms with Crippen molar-refractivity contribution in [1.29, 1.82) is 0 Å². The molecule has 1 aromatic carbocycles. The van der Waals surface area contributed by atoms with Gasteiger partial charge >= 0.3 is 0 Å². The number of aryl methyl sites for hydroxylation is 1. The van der Waals surface area contributed by atoms with E-state index in [4.69, 9.17) is 11.6 Å². The molecule has 0 bridgehead atoms. The lowest BCUT2D eigenvalue weighted by molar-refractivity contribution is 0.756. The van der Waals surface area contributed by atoms with E-state index in [-0.39, 0.29) is 0 Å². The molecule has 1 aliphatic rings. The predicted molar refractivity (Wildman–Crippen MR) is 61.2 cm³/mol. The number of rotatable bonds is 1. The lowest BCUT2D eigenvalue weighted by Gasteiger charge is -2.14. The lowest BCUT2D eigenvalue weighted by Crippen LogP contribution is -2.09. The van der Waals surface area contributed by atoms with Crippen molar-refractivity contribution in [3.05, 3.63) is 33.8 Å². The molecule has 0 aromatic heterocycles. The van der Waals surface area contributed by atoms with Crippen molar-refractivity contribution < 1.29 is 0 Å². The Hall–Kier alpha value is -0.530. The Kier molecular flexibility index (Phi) is 2.80. The average molecular weight is 210 g/mol. The van der Waals surface area contributed by atoms with E-state index in [0.717, 1.165) is 18.1 Å². The van der Waals surface area contributed by atoms with E-state index in [9.17, 15) is 0 Å². The summed E-state index contributed by atoms with van der Waals surface area (Å²) in [5.74, 6) is 0.660. The highest BCUT2D eigenvalue weighted by Gasteiger charge is 2.19. The van der Waals surface area contributed by atoms with Gasteiger partial charge in [-0.25, -0.2) is 0 Å². The molecule has 1 aromatic rings. The molecule has 2 heteroatoms. The minimum Gasteiger partial charge on any atom is -0.316 e. The molecule has 76 valence electrons. The Morgan fingerprint density at radius 3 is 2.79 bits per heavy atom. The molecule has 1 nitrogen and oxygen atoms in total. The average Bonchev–Trinajstić information content (AvgIpc) is 2.63. The van der Waals surface area contributed by atoms with Crippen LogP contribution in [0.2, 0.25) is 5.02 Å². The zero-order chi connectivity index (χ0) is 10.1. The van der Waals surface area contributed by atoms with Crippen LogP contribution in [0.25, 0.3) is 0 Å². The fraction of sp³-hybridized carbons (Fsp3) is 0.500. The first-order valence-corrected chi connectivity index (χ1v) is 5.53. The Morgan fingerprint density at radius 1 is 1.36 bits per heavy atom. The highest BCUT2D eigenvalue weighted by molar-refractivity contribution is 6.31. The summed E-state index contributed by atoms with van der Waals surface area (Å²) in [7, 11) is 0. The van der Waals surface area contributed by atoms with Crippen LogP contribution in [-0.2, 0) is 0 Å². The first-order chi connectivity index (χ1) is 6.68. The van der Waals surface area contributed by atoms with Crippen LogP contribution in [0.1, 0.15) is 29.0 Å². The van der Waals surface area contributed by atoms with Gasteiger partial charge in [-0.05, 0) is 55.5 Å². The van der Waals surface area contributed by atoms with E-state index in [1.165, 1.54) is 23.1 Å². The molecule has 1 aliphatic heterocycles. The van der Waals surface area contributed by atoms with Crippen LogP contribution < -0.4 is 5.32 Å². The summed E-state index contributed by atoms with van der Waals surface area (Å²) < 4.78 is 0. The SMILES string of the molecule is Cc1cc(Cl)c(C)c(C2CCNC2)c1. The molecule has 1 unspecified atom stereocenters. The summed E-state index contributed by atoms with van der Waals surface area (Å²) in [6, 6.07) is 4.32. The zero-order valence-electron chi connectivity index (χ0n) is 8.73. The second kappa shape index (κ2) is 3.92. The number of halogens is 1. The molecule has 1 atom stereocenters. The molecule has 0 amide bonds. The second-order valence-corrected chi connectivity index (χ2v) is 4.56. The number of hydrogen-bond acceptors (Lipinski definition) is 1. The molecule has 2 rings (SSSR count). The van der Waals surface area contributed by atoms with E-state index in [1.807, 2.05) is 6.07 Å². The van der Waals surface area contributed by atoms with Crippen LogP contribution in [0, 0.1) is 13.8 Å². The van der Waals surface area contributed by atoms with Crippen molar-refractivity contribution in [2.75, 3.05) is 13.1 Å². The van der Waals surface area contributed by atoms with E-state index >= 15 is 0 Å². The maximum Gasteiger partial charge on any atom is 0.0440 e. The van der Waals surface area contributed by atoms with E-state index in [0.29, 0.717) is 5.92 Å². The minimum absolute atomic E-state index is 0.660. The van der Waals surface area contributed by atoms with Crippen molar-refractivity contribution in [2.45, 2.75) is 26.2 Å². The summed E-state index contributed by atoms with van der Waals surface area (Å²) in [5, 5.41) is 4.30. The van der Waals surface area contributed by atoms with Crippen LogP contribution in [0.5, 0.6) is 0 Å². The summed E-state index contributed by atoms with van der Waals surface area (Å²) in [4.78, 5) is 0. The number of benzene rings is 1. The van der Waals surface area contributed by atoms with Crippen molar-refractivity contribution in [2.24, 2.45) is 0 Å². The van der Waals surface area contributed by atoms with E-state index < -0.39 is 0 Å². The summed E-state index contributed by atoms with van der Waals surface area (Å²) in [6.07, 6.45) is 1.24. The summed E-state index contributed by atoms with van der Waals surface area (Å²) in [5.41, 5.74) is 3.95. The monoisotopic (exact) mass is 209 g/mol. The largest absolute Gasteiger partial charge is 0.316 e. The number of hydrogen-bond donors (Lipinski definition) is 1. The van der Waals surface area contributed by atoms with Gasteiger partial charge in [0.05, 0.1) is 0 Å². The molecular formula is C12H16ClN. The smallest absolute Gasteiger partial charge is 0.0440 e. The molecule has 0 saturated carbocycles. The highest BCUT2D eigenvalue weighted by Crippen LogP contribution is 2.30. The third-order valence-corrected chi connectivity index (χ3v) is 3.42.